The van der Waals surface area contributed by atoms with Crippen molar-refractivity contribution in [3.8, 4) is 0 Å². The van der Waals surface area contributed by atoms with Crippen molar-refractivity contribution in [3.05, 3.63) is 81.7 Å². The molecule has 2 fully saturated rings. The summed E-state index contributed by atoms with van der Waals surface area (Å²) in [7, 11) is 0. The number of hydrogen-bond donors (Lipinski definition) is 1. The molecule has 5 rings (SSSR count). The molecule has 1 N–H and O–H groups in total. The van der Waals surface area contributed by atoms with Gasteiger partial charge in [0.2, 0.25) is 0 Å². The van der Waals surface area contributed by atoms with Gasteiger partial charge in [-0.3, -0.25) is 0 Å². The van der Waals surface area contributed by atoms with Crippen molar-refractivity contribution < 1.29 is 18.3 Å². The van der Waals surface area contributed by atoms with E-state index in [0.29, 0.717) is 16.7 Å². The highest BCUT2D eigenvalue weighted by molar-refractivity contribution is 5.82. The van der Waals surface area contributed by atoms with Crippen molar-refractivity contribution >= 4 is 11.3 Å². The zero-order chi connectivity index (χ0) is 22.8. The minimum atomic E-state index is -2.78. The van der Waals surface area contributed by atoms with Gasteiger partial charge in [-0.15, -0.1) is 0 Å². The van der Waals surface area contributed by atoms with Crippen molar-refractivity contribution in [1.82, 2.24) is 0 Å². The maximum absolute atomic E-state index is 16.1. The van der Waals surface area contributed by atoms with E-state index >= 15 is 4.39 Å². The fraction of sp³-hybridized carbons (Fsp3) is 0.429. The molecule has 1 nitrogen and oxygen atoms in total. The van der Waals surface area contributed by atoms with Crippen molar-refractivity contribution in [2.75, 3.05) is 0 Å². The van der Waals surface area contributed by atoms with E-state index in [1.54, 1.807) is 30.3 Å². The van der Waals surface area contributed by atoms with Gasteiger partial charge in [0.1, 0.15) is 11.6 Å². The van der Waals surface area contributed by atoms with E-state index in [-0.39, 0.29) is 27.9 Å². The Hall–Kier alpha value is -2.49. The van der Waals surface area contributed by atoms with Crippen molar-refractivity contribution in [1.29, 1.82) is 0 Å². The summed E-state index contributed by atoms with van der Waals surface area (Å²) in [6, 6.07) is 8.54. The Morgan fingerprint density at radius 3 is 2.12 bits per heavy atom. The summed E-state index contributed by atoms with van der Waals surface area (Å²) < 4.78 is 44.5. The third-order valence-electron chi connectivity index (χ3n) is 7.96. The minimum Gasteiger partial charge on any atom is -0.507 e. The summed E-state index contributed by atoms with van der Waals surface area (Å²) >= 11 is 0. The predicted molar refractivity (Wildman–Crippen MR) is 123 cm³/mol. The van der Waals surface area contributed by atoms with Crippen LogP contribution in [-0.2, 0) is 10.8 Å². The first kappa shape index (κ1) is 21.4. The van der Waals surface area contributed by atoms with Gasteiger partial charge in [-0.1, -0.05) is 44.7 Å². The van der Waals surface area contributed by atoms with Crippen LogP contribution in [0.3, 0.4) is 0 Å². The Kier molecular flexibility index (Phi) is 4.85. The monoisotopic (exact) mass is 438 g/mol. The molecule has 2 aromatic rings. The number of rotatable bonds is 4. The normalized spacial score (nSPS) is 20.1. The van der Waals surface area contributed by atoms with E-state index in [4.69, 9.17) is 0 Å². The van der Waals surface area contributed by atoms with Crippen LogP contribution in [0.2, 0.25) is 0 Å². The molecule has 0 unspecified atom stereocenters. The lowest BCUT2D eigenvalue weighted by molar-refractivity contribution is 0.150. The molecule has 0 saturated heterocycles. The van der Waals surface area contributed by atoms with Gasteiger partial charge in [-0.2, -0.15) is 0 Å². The Balaban J connectivity index is 1.61. The van der Waals surface area contributed by atoms with Gasteiger partial charge in [0.15, 0.2) is 0 Å². The maximum atomic E-state index is 16.1. The molecule has 0 aromatic heterocycles. The first-order valence-corrected chi connectivity index (χ1v) is 11.5. The standard InChI is InChI=1S/C28H29F3O/c1-16(17-7-9-19(10-8-17)25(32)18-5-4-6-18)22-20(26(30)31)15-21-23(24(22)29)27(2,3)11-12-28(21)13-14-28/h7-10,15,26,32H,1,4-6,11-14H2,2-3H3. The lowest BCUT2D eigenvalue weighted by Crippen LogP contribution is -2.32. The van der Waals surface area contributed by atoms with Gasteiger partial charge in [0.25, 0.3) is 6.43 Å². The maximum Gasteiger partial charge on any atom is 0.264 e. The molecular weight excluding hydrogens is 409 g/mol. The Labute approximate surface area is 187 Å². The molecule has 32 heavy (non-hydrogen) atoms. The lowest BCUT2D eigenvalue weighted by Gasteiger charge is -2.39. The van der Waals surface area contributed by atoms with E-state index in [2.05, 4.69) is 6.58 Å². The molecule has 1 spiro atoms. The molecule has 2 aromatic carbocycles. The molecule has 0 aliphatic heterocycles. The Morgan fingerprint density at radius 1 is 1.00 bits per heavy atom. The third-order valence-corrected chi connectivity index (χ3v) is 7.96. The molecule has 0 atom stereocenters. The zero-order valence-corrected chi connectivity index (χ0v) is 18.7. The molecule has 2 saturated carbocycles. The van der Waals surface area contributed by atoms with Crippen LogP contribution in [0.4, 0.5) is 13.2 Å². The van der Waals surface area contributed by atoms with Crippen molar-refractivity contribution in [2.24, 2.45) is 0 Å². The number of alkyl halides is 2. The number of allylic oxidation sites excluding steroid dienone is 1. The van der Waals surface area contributed by atoms with E-state index in [0.717, 1.165) is 56.1 Å². The molecule has 4 heteroatoms. The summed E-state index contributed by atoms with van der Waals surface area (Å²) in [4.78, 5) is 0. The summed E-state index contributed by atoms with van der Waals surface area (Å²) in [5.41, 5.74) is 3.07. The molecule has 0 radical (unpaired) electrons. The van der Waals surface area contributed by atoms with Gasteiger partial charge in [-0.25, -0.2) is 13.2 Å². The fourth-order valence-corrected chi connectivity index (χ4v) is 5.48. The predicted octanol–water partition coefficient (Wildman–Crippen LogP) is 8.38. The number of aliphatic hydroxyl groups is 1. The highest BCUT2D eigenvalue weighted by Gasteiger charge is 2.52. The minimum absolute atomic E-state index is 0.0705. The first-order chi connectivity index (χ1) is 15.1. The molecule has 0 amide bonds. The van der Waals surface area contributed by atoms with Crippen LogP contribution in [0.1, 0.15) is 98.6 Å². The highest BCUT2D eigenvalue weighted by atomic mass is 19.3. The quantitative estimate of drug-likeness (QED) is 0.475. The van der Waals surface area contributed by atoms with E-state index < -0.39 is 17.7 Å². The van der Waals surface area contributed by atoms with Gasteiger partial charge in [-0.05, 0) is 89.7 Å². The lowest BCUT2D eigenvalue weighted by atomic mass is 9.65. The second-order valence-electron chi connectivity index (χ2n) is 10.4. The smallest absolute Gasteiger partial charge is 0.264 e. The van der Waals surface area contributed by atoms with Crippen molar-refractivity contribution in [3.63, 3.8) is 0 Å². The average molecular weight is 439 g/mol. The number of hydrogen-bond acceptors (Lipinski definition) is 1. The first-order valence-electron chi connectivity index (χ1n) is 11.5. The Morgan fingerprint density at radius 2 is 1.59 bits per heavy atom. The van der Waals surface area contributed by atoms with Crippen molar-refractivity contribution in [2.45, 2.75) is 76.0 Å². The molecule has 168 valence electrons. The molecular formula is C28H29F3O. The van der Waals surface area contributed by atoms with E-state index in [1.807, 2.05) is 13.8 Å². The number of benzene rings is 2. The van der Waals surface area contributed by atoms with Gasteiger partial charge >= 0.3 is 0 Å². The average Bonchev–Trinajstić information content (AvgIpc) is 3.50. The summed E-state index contributed by atoms with van der Waals surface area (Å²) in [5.74, 6) is -0.250. The third kappa shape index (κ3) is 3.22. The van der Waals surface area contributed by atoms with Crippen LogP contribution in [0.15, 0.2) is 42.5 Å². The number of fused-ring (bicyclic) bond motifs is 2. The summed E-state index contributed by atoms with van der Waals surface area (Å²) in [5, 5.41) is 10.4. The molecule has 3 aliphatic carbocycles. The Bertz CT molecular complexity index is 1130. The molecule has 0 heterocycles. The fourth-order valence-electron chi connectivity index (χ4n) is 5.48. The summed E-state index contributed by atoms with van der Waals surface area (Å²) in [6.45, 7) is 8.05. The number of aliphatic hydroxyl groups excluding tert-OH is 1. The van der Waals surface area contributed by atoms with Crippen LogP contribution < -0.4 is 0 Å². The van der Waals surface area contributed by atoms with E-state index in [1.165, 1.54) is 0 Å². The van der Waals surface area contributed by atoms with Crippen LogP contribution in [0.5, 0.6) is 0 Å². The molecule has 0 bridgehead atoms. The van der Waals surface area contributed by atoms with Gasteiger partial charge < -0.3 is 5.11 Å². The SMILES string of the molecule is C=C(c1ccc(C(O)=C2CCC2)cc1)c1c(C(F)F)cc2c(c1F)C(C)(C)CCC21CC1. The molecule has 3 aliphatic rings. The van der Waals surface area contributed by atoms with Crippen LogP contribution in [-0.4, -0.2) is 5.11 Å². The largest absolute Gasteiger partial charge is 0.507 e. The van der Waals surface area contributed by atoms with Crippen LogP contribution in [0, 0.1) is 5.82 Å². The van der Waals surface area contributed by atoms with Gasteiger partial charge in [0, 0.05) is 16.7 Å². The van der Waals surface area contributed by atoms with Crippen LogP contribution >= 0.6 is 0 Å². The number of halogens is 3. The van der Waals surface area contributed by atoms with Gasteiger partial charge in [0.05, 0.1) is 0 Å². The van der Waals surface area contributed by atoms with E-state index in [9.17, 15) is 13.9 Å². The van der Waals surface area contributed by atoms with Crippen LogP contribution in [0.25, 0.3) is 11.3 Å². The topological polar surface area (TPSA) is 20.2 Å². The summed E-state index contributed by atoms with van der Waals surface area (Å²) in [6.07, 6.45) is 3.76. The second-order valence-corrected chi connectivity index (χ2v) is 10.4. The second kappa shape index (κ2) is 7.26. The zero-order valence-electron chi connectivity index (χ0n) is 18.7. The highest BCUT2D eigenvalue weighted by Crippen LogP contribution is 2.60.